The number of nitro groups is 1. The summed E-state index contributed by atoms with van der Waals surface area (Å²) in [6.45, 7) is 11.9. The van der Waals surface area contributed by atoms with Gasteiger partial charge >= 0.3 is 0 Å². The number of aromatic nitrogens is 1. The number of hydrogen-bond acceptors (Lipinski definition) is 4. The fourth-order valence-electron chi connectivity index (χ4n) is 3.25. The average Bonchev–Trinajstić information content (AvgIpc) is 3.16. The molecule has 0 saturated carbocycles. The van der Waals surface area contributed by atoms with Gasteiger partial charge in [0, 0.05) is 23.3 Å². The Bertz CT molecular complexity index is 879. The number of nitrogens with zero attached hydrogens (tertiary/aromatic N) is 2. The highest BCUT2D eigenvalue weighted by molar-refractivity contribution is 5.78. The molecule has 0 aliphatic heterocycles. The topological polar surface area (TPSA) is 69.2 Å². The summed E-state index contributed by atoms with van der Waals surface area (Å²) in [5, 5.41) is 15.1. The Labute approximate surface area is 160 Å². The van der Waals surface area contributed by atoms with E-state index in [1.807, 2.05) is 6.92 Å². The summed E-state index contributed by atoms with van der Waals surface area (Å²) < 4.78 is 5.24. The normalized spacial score (nSPS) is 12.3. The third-order valence-electron chi connectivity index (χ3n) is 4.74. The van der Waals surface area contributed by atoms with E-state index in [2.05, 4.69) is 44.6 Å². The molecular weight excluding hydrogens is 340 g/mol. The Kier molecular flexibility index (Phi) is 6.88. The highest BCUT2D eigenvalue weighted by Gasteiger charge is 2.15. The van der Waals surface area contributed by atoms with Crippen LogP contribution < -0.4 is 0 Å². The average molecular weight is 366 g/mol. The first-order valence-corrected chi connectivity index (χ1v) is 9.21. The van der Waals surface area contributed by atoms with Crippen molar-refractivity contribution in [2.45, 2.75) is 47.0 Å². The van der Waals surface area contributed by atoms with Crippen molar-refractivity contribution < 1.29 is 9.45 Å². The second-order valence-electron chi connectivity index (χ2n) is 6.31. The number of benzene rings is 1. The summed E-state index contributed by atoms with van der Waals surface area (Å²) in [6.07, 6.45) is 8.86. The van der Waals surface area contributed by atoms with Gasteiger partial charge in [-0.3, -0.25) is 10.1 Å². The van der Waals surface area contributed by atoms with Gasteiger partial charge in [0.15, 0.2) is 0 Å². The Hall–Kier alpha value is -2.95. The Morgan fingerprint density at radius 2 is 1.81 bits per heavy atom. The summed E-state index contributed by atoms with van der Waals surface area (Å²) in [4.78, 5) is 10.5. The monoisotopic (exact) mass is 366 g/mol. The van der Waals surface area contributed by atoms with Gasteiger partial charge in [-0.2, -0.15) is 0 Å². The minimum atomic E-state index is -0.462. The lowest BCUT2D eigenvalue weighted by atomic mass is 9.91. The first-order valence-electron chi connectivity index (χ1n) is 9.21. The molecule has 0 aliphatic rings. The summed E-state index contributed by atoms with van der Waals surface area (Å²) in [6, 6.07) is 4.35. The molecule has 1 aromatic heterocycles. The Morgan fingerprint density at radius 1 is 1.19 bits per heavy atom. The van der Waals surface area contributed by atoms with Gasteiger partial charge in [0.1, 0.15) is 12.0 Å². The van der Waals surface area contributed by atoms with Crippen LogP contribution in [0.2, 0.25) is 0 Å². The maximum absolute atomic E-state index is 10.9. The van der Waals surface area contributed by atoms with Gasteiger partial charge in [-0.25, -0.2) is 0 Å². The van der Waals surface area contributed by atoms with E-state index < -0.39 is 4.92 Å². The minimum Gasteiger partial charge on any atom is -0.363 e. The van der Waals surface area contributed by atoms with Crippen LogP contribution in [0.1, 0.15) is 49.9 Å². The summed E-state index contributed by atoms with van der Waals surface area (Å²) in [5.74, 6) is 0. The molecule has 0 N–H and O–H groups in total. The molecule has 0 unspecified atom stereocenters. The van der Waals surface area contributed by atoms with Gasteiger partial charge in [-0.05, 0) is 60.6 Å². The molecule has 1 aromatic carbocycles. The van der Waals surface area contributed by atoms with E-state index in [-0.39, 0.29) is 5.70 Å². The summed E-state index contributed by atoms with van der Waals surface area (Å²) in [7, 11) is 0. The van der Waals surface area contributed by atoms with E-state index in [1.165, 1.54) is 28.8 Å². The van der Waals surface area contributed by atoms with Gasteiger partial charge in [0.25, 0.3) is 5.70 Å². The molecule has 142 valence electrons. The maximum Gasteiger partial charge on any atom is 0.268 e. The van der Waals surface area contributed by atoms with Crippen molar-refractivity contribution in [2.75, 3.05) is 0 Å². The first kappa shape index (κ1) is 20.4. The van der Waals surface area contributed by atoms with Gasteiger partial charge in [0.2, 0.25) is 0 Å². The van der Waals surface area contributed by atoms with E-state index in [0.717, 1.165) is 41.7 Å². The predicted molar refractivity (Wildman–Crippen MR) is 109 cm³/mol. The van der Waals surface area contributed by atoms with Crippen molar-refractivity contribution in [1.82, 2.24) is 5.16 Å². The molecule has 1 heterocycles. The predicted octanol–water partition coefficient (Wildman–Crippen LogP) is 5.78. The minimum absolute atomic E-state index is 0.0545. The molecule has 0 radical (unpaired) electrons. The molecule has 2 rings (SSSR count). The summed E-state index contributed by atoms with van der Waals surface area (Å²) >= 11 is 0. The van der Waals surface area contributed by atoms with Crippen LogP contribution in [0.15, 0.2) is 53.4 Å². The largest absolute Gasteiger partial charge is 0.363 e. The highest BCUT2D eigenvalue weighted by atomic mass is 16.6. The molecule has 0 amide bonds. The second kappa shape index (κ2) is 9.12. The van der Waals surface area contributed by atoms with Crippen LogP contribution in [0.5, 0.6) is 0 Å². The van der Waals surface area contributed by atoms with Crippen molar-refractivity contribution in [1.29, 1.82) is 0 Å². The third kappa shape index (κ3) is 4.42. The number of allylic oxidation sites excluding steroid dienone is 4. The van der Waals surface area contributed by atoms with Gasteiger partial charge in [0.05, 0.1) is 4.92 Å². The molecule has 5 nitrogen and oxygen atoms in total. The highest BCUT2D eigenvalue weighted by Crippen LogP contribution is 2.31. The van der Waals surface area contributed by atoms with Crippen LogP contribution in [0, 0.1) is 10.1 Å². The van der Waals surface area contributed by atoms with E-state index in [4.69, 9.17) is 4.52 Å². The second-order valence-corrected chi connectivity index (χ2v) is 6.31. The van der Waals surface area contributed by atoms with Crippen LogP contribution in [-0.4, -0.2) is 10.1 Å². The van der Waals surface area contributed by atoms with Crippen LogP contribution in [0.3, 0.4) is 0 Å². The van der Waals surface area contributed by atoms with Crippen LogP contribution in [-0.2, 0) is 19.3 Å². The lowest BCUT2D eigenvalue weighted by molar-refractivity contribution is -0.418. The van der Waals surface area contributed by atoms with Crippen molar-refractivity contribution in [2.24, 2.45) is 0 Å². The van der Waals surface area contributed by atoms with E-state index >= 15 is 0 Å². The van der Waals surface area contributed by atoms with Gasteiger partial charge in [-0.15, -0.1) is 0 Å². The van der Waals surface area contributed by atoms with Crippen molar-refractivity contribution in [3.8, 4) is 11.3 Å². The molecule has 0 fully saturated rings. The Balaban J connectivity index is 2.54. The van der Waals surface area contributed by atoms with E-state index in [9.17, 15) is 10.1 Å². The number of rotatable bonds is 8. The zero-order valence-corrected chi connectivity index (χ0v) is 16.4. The molecule has 0 saturated heterocycles. The molecule has 0 atom stereocenters. The molecular formula is C22H26N2O3. The summed E-state index contributed by atoms with van der Waals surface area (Å²) in [5.41, 5.74) is 7.43. The van der Waals surface area contributed by atoms with Crippen LogP contribution in [0.25, 0.3) is 16.8 Å². The third-order valence-corrected chi connectivity index (χ3v) is 4.74. The molecule has 0 bridgehead atoms. The number of hydrogen-bond donors (Lipinski definition) is 0. The molecule has 5 heteroatoms. The van der Waals surface area contributed by atoms with E-state index in [1.54, 1.807) is 12.3 Å². The maximum atomic E-state index is 10.9. The molecule has 27 heavy (non-hydrogen) atoms. The van der Waals surface area contributed by atoms with Crippen LogP contribution in [0.4, 0.5) is 0 Å². The fourth-order valence-corrected chi connectivity index (χ4v) is 3.25. The van der Waals surface area contributed by atoms with Gasteiger partial charge in [-0.1, -0.05) is 38.6 Å². The first-order chi connectivity index (χ1) is 13.0. The van der Waals surface area contributed by atoms with Gasteiger partial charge < -0.3 is 4.52 Å². The standard InChI is InChI=1S/C22H26N2O3/c1-6-16-12-18(13-17(7-2)20(16)9-4)22-21(14-27-23-22)15(5)10-11-19(8-3)24(25)26/h8,10-14H,3,6-7,9H2,1-2,4-5H3/b15-10+,19-11+. The molecule has 0 aliphatic carbocycles. The SMILES string of the molecule is C=C/C(=C\C=C(/C)c1conc1-c1cc(CC)c(CC)c(CC)c1)[N+](=O)[O-]. The lowest BCUT2D eigenvalue weighted by Crippen LogP contribution is -1.99. The fraction of sp³-hybridized carbons (Fsp3) is 0.318. The quantitative estimate of drug-likeness (QED) is 0.337. The lowest BCUT2D eigenvalue weighted by Gasteiger charge is -2.14. The van der Waals surface area contributed by atoms with Crippen LogP contribution >= 0.6 is 0 Å². The Morgan fingerprint density at radius 3 is 2.30 bits per heavy atom. The van der Waals surface area contributed by atoms with Crippen molar-refractivity contribution >= 4 is 5.57 Å². The number of aryl methyl sites for hydroxylation is 2. The van der Waals surface area contributed by atoms with E-state index in [0.29, 0.717) is 0 Å². The molecule has 2 aromatic rings. The zero-order valence-electron chi connectivity index (χ0n) is 16.4. The smallest absolute Gasteiger partial charge is 0.268 e. The molecule has 0 spiro atoms. The van der Waals surface area contributed by atoms with Crippen molar-refractivity contribution in [3.63, 3.8) is 0 Å². The zero-order chi connectivity index (χ0) is 20.0. The van der Waals surface area contributed by atoms with Crippen molar-refractivity contribution in [3.05, 3.63) is 81.3 Å².